The van der Waals surface area contributed by atoms with Crippen molar-refractivity contribution in [3.05, 3.63) is 59.5 Å². The van der Waals surface area contributed by atoms with Gasteiger partial charge in [-0.15, -0.1) is 0 Å². The molecule has 2 aromatic rings. The fourth-order valence-electron chi connectivity index (χ4n) is 1.88. The van der Waals surface area contributed by atoms with E-state index in [-0.39, 0.29) is 6.42 Å². The van der Waals surface area contributed by atoms with Crippen LogP contribution in [0.5, 0.6) is 0 Å². The van der Waals surface area contributed by atoms with E-state index in [1.54, 1.807) is 13.0 Å². The van der Waals surface area contributed by atoms with E-state index in [1.807, 2.05) is 0 Å². The Balaban J connectivity index is 2.16. The molecule has 0 radical (unpaired) electrons. The minimum absolute atomic E-state index is 0.213. The maximum Gasteiger partial charge on any atom is 0.416 e. The van der Waals surface area contributed by atoms with Gasteiger partial charge in [0.1, 0.15) is 0 Å². The van der Waals surface area contributed by atoms with Gasteiger partial charge in [-0.2, -0.15) is 13.2 Å². The van der Waals surface area contributed by atoms with Crippen molar-refractivity contribution in [3.8, 4) is 0 Å². The topological polar surface area (TPSA) is 33.4 Å². The third kappa shape index (κ3) is 3.17. The smallest absolute Gasteiger partial charge is 0.416 e. The molecule has 5 heteroatoms. The fourth-order valence-corrected chi connectivity index (χ4v) is 1.88. The van der Waals surface area contributed by atoms with Crippen LogP contribution in [0.4, 0.5) is 13.2 Å². The number of aliphatic hydroxyl groups is 1. The summed E-state index contributed by atoms with van der Waals surface area (Å²) in [5.41, 5.74) is -0.655. The largest absolute Gasteiger partial charge is 0.472 e. The van der Waals surface area contributed by atoms with Crippen LogP contribution in [0, 0.1) is 0 Å². The molecule has 1 N–H and O–H groups in total. The van der Waals surface area contributed by atoms with Crippen LogP contribution in [0.15, 0.2) is 47.3 Å². The second-order valence-corrected chi connectivity index (χ2v) is 4.66. The molecule has 0 saturated carbocycles. The van der Waals surface area contributed by atoms with Crippen LogP contribution in [0.2, 0.25) is 0 Å². The Labute approximate surface area is 108 Å². The van der Waals surface area contributed by atoms with Crippen LogP contribution in [0.25, 0.3) is 0 Å². The number of benzene rings is 1. The van der Waals surface area contributed by atoms with Gasteiger partial charge in [0.15, 0.2) is 0 Å². The predicted octanol–water partition coefficient (Wildman–Crippen LogP) is 3.75. The first kappa shape index (κ1) is 13.7. The normalized spacial score (nSPS) is 15.2. The molecule has 1 aromatic carbocycles. The Morgan fingerprint density at radius 1 is 1.05 bits per heavy atom. The maximum atomic E-state index is 12.4. The Kier molecular flexibility index (Phi) is 3.41. The molecule has 1 unspecified atom stereocenters. The van der Waals surface area contributed by atoms with Gasteiger partial charge in [0, 0.05) is 12.0 Å². The van der Waals surface area contributed by atoms with E-state index in [2.05, 4.69) is 0 Å². The lowest BCUT2D eigenvalue weighted by Crippen LogP contribution is -2.23. The summed E-state index contributed by atoms with van der Waals surface area (Å²) in [5, 5.41) is 10.3. The van der Waals surface area contributed by atoms with Crippen LogP contribution in [-0.4, -0.2) is 5.11 Å². The molecule has 0 amide bonds. The minimum Gasteiger partial charge on any atom is -0.472 e. The van der Waals surface area contributed by atoms with Crippen molar-refractivity contribution in [2.75, 3.05) is 0 Å². The standard InChI is InChI=1S/C14H13F3O2/c1-13(18,12-6-7-19-9-12)8-10-2-4-11(5-3-10)14(15,16)17/h2-7,9,18H,8H2,1H3. The van der Waals surface area contributed by atoms with Gasteiger partial charge in [0.05, 0.1) is 23.7 Å². The third-order valence-electron chi connectivity index (χ3n) is 2.97. The summed E-state index contributed by atoms with van der Waals surface area (Å²) in [7, 11) is 0. The molecular weight excluding hydrogens is 257 g/mol. The van der Waals surface area contributed by atoms with E-state index in [0.29, 0.717) is 11.1 Å². The first-order valence-electron chi connectivity index (χ1n) is 5.70. The summed E-state index contributed by atoms with van der Waals surface area (Å²) in [5.74, 6) is 0. The van der Waals surface area contributed by atoms with Gasteiger partial charge in [-0.05, 0) is 30.7 Å². The number of hydrogen-bond donors (Lipinski definition) is 1. The molecule has 0 fully saturated rings. The van der Waals surface area contributed by atoms with Crippen LogP contribution in [-0.2, 0) is 18.2 Å². The van der Waals surface area contributed by atoms with E-state index < -0.39 is 17.3 Å². The molecule has 1 aromatic heterocycles. The quantitative estimate of drug-likeness (QED) is 0.921. The van der Waals surface area contributed by atoms with Gasteiger partial charge in [0.25, 0.3) is 0 Å². The highest BCUT2D eigenvalue weighted by atomic mass is 19.4. The van der Waals surface area contributed by atoms with Gasteiger partial charge >= 0.3 is 6.18 Å². The van der Waals surface area contributed by atoms with E-state index in [4.69, 9.17) is 4.42 Å². The van der Waals surface area contributed by atoms with Crippen LogP contribution >= 0.6 is 0 Å². The fraction of sp³-hybridized carbons (Fsp3) is 0.286. The molecule has 0 saturated heterocycles. The lowest BCUT2D eigenvalue weighted by molar-refractivity contribution is -0.137. The molecule has 102 valence electrons. The molecule has 1 atom stereocenters. The third-order valence-corrected chi connectivity index (χ3v) is 2.97. The number of alkyl halides is 3. The molecule has 19 heavy (non-hydrogen) atoms. The van der Waals surface area contributed by atoms with E-state index in [9.17, 15) is 18.3 Å². The van der Waals surface area contributed by atoms with Crippen LogP contribution in [0.1, 0.15) is 23.6 Å². The lowest BCUT2D eigenvalue weighted by Gasteiger charge is -2.22. The van der Waals surface area contributed by atoms with Gasteiger partial charge in [0.2, 0.25) is 0 Å². The molecule has 0 spiro atoms. The summed E-state index contributed by atoms with van der Waals surface area (Å²) in [4.78, 5) is 0. The molecule has 0 aliphatic rings. The van der Waals surface area contributed by atoms with Gasteiger partial charge in [-0.1, -0.05) is 12.1 Å². The van der Waals surface area contributed by atoms with Crippen molar-refractivity contribution in [2.24, 2.45) is 0 Å². The number of hydrogen-bond acceptors (Lipinski definition) is 2. The highest BCUT2D eigenvalue weighted by Gasteiger charge is 2.30. The Hall–Kier alpha value is -1.75. The minimum atomic E-state index is -4.34. The second kappa shape index (κ2) is 4.74. The predicted molar refractivity (Wildman–Crippen MR) is 63.4 cm³/mol. The Morgan fingerprint density at radius 2 is 1.68 bits per heavy atom. The molecular formula is C14H13F3O2. The maximum absolute atomic E-state index is 12.4. The first-order valence-corrected chi connectivity index (χ1v) is 5.70. The zero-order valence-electron chi connectivity index (χ0n) is 10.2. The number of furan rings is 1. The second-order valence-electron chi connectivity index (χ2n) is 4.66. The van der Waals surface area contributed by atoms with Gasteiger partial charge < -0.3 is 9.52 Å². The van der Waals surface area contributed by atoms with Crippen LogP contribution < -0.4 is 0 Å². The molecule has 0 aliphatic heterocycles. The molecule has 1 heterocycles. The highest BCUT2D eigenvalue weighted by molar-refractivity contribution is 5.27. The zero-order chi connectivity index (χ0) is 14.1. The number of halogens is 3. The van der Waals surface area contributed by atoms with Crippen molar-refractivity contribution in [2.45, 2.75) is 25.1 Å². The van der Waals surface area contributed by atoms with Gasteiger partial charge in [-0.3, -0.25) is 0 Å². The average Bonchev–Trinajstić information content (AvgIpc) is 2.82. The summed E-state index contributed by atoms with van der Waals surface area (Å²) < 4.78 is 42.2. The van der Waals surface area contributed by atoms with E-state index >= 15 is 0 Å². The molecule has 0 bridgehead atoms. The van der Waals surface area contributed by atoms with Crippen molar-refractivity contribution in [3.63, 3.8) is 0 Å². The summed E-state index contributed by atoms with van der Waals surface area (Å²) in [6.07, 6.45) is -1.27. The summed E-state index contributed by atoms with van der Waals surface area (Å²) >= 11 is 0. The molecule has 0 aliphatic carbocycles. The number of rotatable bonds is 3. The highest BCUT2D eigenvalue weighted by Crippen LogP contribution is 2.30. The SMILES string of the molecule is CC(O)(Cc1ccc(C(F)(F)F)cc1)c1ccoc1. The van der Waals surface area contributed by atoms with Crippen molar-refractivity contribution in [1.29, 1.82) is 0 Å². The molecule has 2 nitrogen and oxygen atoms in total. The molecule has 2 rings (SSSR count). The average molecular weight is 270 g/mol. The van der Waals surface area contributed by atoms with Crippen LogP contribution in [0.3, 0.4) is 0 Å². The van der Waals surface area contributed by atoms with E-state index in [0.717, 1.165) is 12.1 Å². The zero-order valence-corrected chi connectivity index (χ0v) is 10.2. The van der Waals surface area contributed by atoms with E-state index in [1.165, 1.54) is 24.7 Å². The first-order chi connectivity index (χ1) is 8.79. The lowest BCUT2D eigenvalue weighted by atomic mass is 9.90. The Bertz CT molecular complexity index is 525. The summed E-state index contributed by atoms with van der Waals surface area (Å²) in [6, 6.07) is 6.40. The van der Waals surface area contributed by atoms with Crippen molar-refractivity contribution < 1.29 is 22.7 Å². The monoisotopic (exact) mass is 270 g/mol. The summed E-state index contributed by atoms with van der Waals surface area (Å²) in [6.45, 7) is 1.59. The Morgan fingerprint density at radius 3 is 2.16 bits per heavy atom. The van der Waals surface area contributed by atoms with Gasteiger partial charge in [-0.25, -0.2) is 0 Å². The van der Waals surface area contributed by atoms with Crippen molar-refractivity contribution >= 4 is 0 Å². The van der Waals surface area contributed by atoms with Crippen molar-refractivity contribution in [1.82, 2.24) is 0 Å².